The average molecular weight is 515 g/mol. The molecule has 0 spiro atoms. The maximum Gasteiger partial charge on any atom is 0.289 e. The first-order valence-corrected chi connectivity index (χ1v) is 12.8. The fourth-order valence-corrected chi connectivity index (χ4v) is 5.25. The Kier molecular flexibility index (Phi) is 7.77. The minimum absolute atomic E-state index is 0.0252. The Hall–Kier alpha value is -2.50. The van der Waals surface area contributed by atoms with E-state index in [9.17, 15) is 9.59 Å². The van der Waals surface area contributed by atoms with E-state index in [0.29, 0.717) is 22.5 Å². The molecule has 35 heavy (non-hydrogen) atoms. The molecule has 1 N–H and O–H groups in total. The van der Waals surface area contributed by atoms with Crippen molar-refractivity contribution >= 4 is 41.1 Å². The second-order valence-electron chi connectivity index (χ2n) is 10.5. The molecule has 1 saturated heterocycles. The van der Waals surface area contributed by atoms with Crippen LogP contribution < -0.4 is 5.32 Å². The summed E-state index contributed by atoms with van der Waals surface area (Å²) in [5, 5.41) is 4.15. The highest BCUT2D eigenvalue weighted by molar-refractivity contribution is 6.31. The minimum atomic E-state index is -0.261. The van der Waals surface area contributed by atoms with Gasteiger partial charge in [-0.2, -0.15) is 0 Å². The van der Waals surface area contributed by atoms with Crippen molar-refractivity contribution in [2.45, 2.75) is 58.7 Å². The Balaban J connectivity index is 1.55. The first-order valence-electron chi connectivity index (χ1n) is 12.1. The molecule has 2 aromatic carbocycles. The van der Waals surface area contributed by atoms with Gasteiger partial charge in [0.2, 0.25) is 5.91 Å². The molecule has 5 nitrogen and oxygen atoms in total. The van der Waals surface area contributed by atoms with Crippen LogP contribution in [-0.2, 0) is 20.9 Å². The van der Waals surface area contributed by atoms with Gasteiger partial charge in [0.25, 0.3) is 5.91 Å². The standard InChI is InChI=1S/C28H32Cl2N2O3/c1-28(2,3)20-10-13-24-23(15-20)32(17-26(33)31-16-19-6-4-5-7-22(19)30)27(34)25(35-24)14-18-8-11-21(29)12-9-18/h4-9,11-12,14,20,23-24H,10,13,15-17H2,1-3H3,(H,31,33)/b25-14+. The zero-order valence-corrected chi connectivity index (χ0v) is 21.9. The first kappa shape index (κ1) is 25.6. The number of hydrogen-bond acceptors (Lipinski definition) is 3. The van der Waals surface area contributed by atoms with Crippen molar-refractivity contribution in [1.82, 2.24) is 10.2 Å². The molecule has 0 bridgehead atoms. The van der Waals surface area contributed by atoms with Gasteiger partial charge >= 0.3 is 0 Å². The number of carbonyl (C=O) groups excluding carboxylic acids is 2. The van der Waals surface area contributed by atoms with Crippen molar-refractivity contribution in [3.63, 3.8) is 0 Å². The molecule has 1 aliphatic carbocycles. The largest absolute Gasteiger partial charge is 0.482 e. The van der Waals surface area contributed by atoms with Crippen molar-refractivity contribution in [2.75, 3.05) is 6.54 Å². The molecule has 0 aromatic heterocycles. The Labute approximate surface area is 217 Å². The smallest absolute Gasteiger partial charge is 0.289 e. The summed E-state index contributed by atoms with van der Waals surface area (Å²) in [7, 11) is 0. The van der Waals surface area contributed by atoms with Crippen molar-refractivity contribution in [1.29, 1.82) is 0 Å². The van der Waals surface area contributed by atoms with Crippen LogP contribution in [0, 0.1) is 11.3 Å². The summed E-state index contributed by atoms with van der Waals surface area (Å²) in [6, 6.07) is 14.5. The van der Waals surface area contributed by atoms with Gasteiger partial charge in [-0.3, -0.25) is 9.59 Å². The van der Waals surface area contributed by atoms with Crippen LogP contribution in [-0.4, -0.2) is 35.4 Å². The average Bonchev–Trinajstić information content (AvgIpc) is 2.81. The second kappa shape index (κ2) is 10.6. The van der Waals surface area contributed by atoms with Gasteiger partial charge in [-0.1, -0.05) is 74.3 Å². The lowest BCUT2D eigenvalue weighted by Crippen LogP contribution is -2.58. The van der Waals surface area contributed by atoms with E-state index in [-0.39, 0.29) is 41.7 Å². The first-order chi connectivity index (χ1) is 16.6. The van der Waals surface area contributed by atoms with Crippen molar-refractivity contribution < 1.29 is 14.3 Å². The number of nitrogens with one attached hydrogen (secondary N) is 1. The van der Waals surface area contributed by atoms with Gasteiger partial charge in [0.15, 0.2) is 5.76 Å². The van der Waals surface area contributed by atoms with E-state index in [1.165, 1.54) is 0 Å². The Morgan fingerprint density at radius 3 is 2.51 bits per heavy atom. The van der Waals surface area contributed by atoms with E-state index in [2.05, 4.69) is 26.1 Å². The van der Waals surface area contributed by atoms with Crippen LogP contribution >= 0.6 is 23.2 Å². The molecule has 3 unspecified atom stereocenters. The van der Waals surface area contributed by atoms with Gasteiger partial charge < -0.3 is 15.0 Å². The Morgan fingerprint density at radius 2 is 1.83 bits per heavy atom. The quantitative estimate of drug-likeness (QED) is 0.490. The summed E-state index contributed by atoms with van der Waals surface area (Å²) in [6.07, 6.45) is 4.28. The SMILES string of the molecule is CC(C)(C)C1CCC2O/C(=C/c3ccc(Cl)cc3)C(=O)N(CC(=O)NCc3ccccc3Cl)C2C1. The Bertz CT molecular complexity index is 1110. The summed E-state index contributed by atoms with van der Waals surface area (Å²) < 4.78 is 6.24. The molecule has 3 atom stereocenters. The van der Waals surface area contributed by atoms with Crippen LogP contribution in [0.4, 0.5) is 0 Å². The van der Waals surface area contributed by atoms with E-state index in [0.717, 1.165) is 30.4 Å². The number of hydrogen-bond donors (Lipinski definition) is 1. The summed E-state index contributed by atoms with van der Waals surface area (Å²) in [4.78, 5) is 28.3. The number of fused-ring (bicyclic) bond motifs is 1. The number of ether oxygens (including phenoxy) is 1. The molecule has 2 fully saturated rings. The normalized spacial score (nSPS) is 23.6. The molecular weight excluding hydrogens is 483 g/mol. The summed E-state index contributed by atoms with van der Waals surface area (Å²) in [6.45, 7) is 6.98. The maximum atomic E-state index is 13.6. The lowest BCUT2D eigenvalue weighted by Gasteiger charge is -2.48. The highest BCUT2D eigenvalue weighted by Crippen LogP contribution is 2.42. The number of amides is 2. The fourth-order valence-electron chi connectivity index (χ4n) is 4.92. The van der Waals surface area contributed by atoms with E-state index < -0.39 is 0 Å². The van der Waals surface area contributed by atoms with Crippen molar-refractivity contribution in [2.24, 2.45) is 11.3 Å². The molecule has 0 radical (unpaired) electrons. The summed E-state index contributed by atoms with van der Waals surface area (Å²) in [5.74, 6) is 0.226. The molecule has 186 valence electrons. The van der Waals surface area contributed by atoms with Crippen LogP contribution in [0.5, 0.6) is 0 Å². The van der Waals surface area contributed by atoms with Crippen LogP contribution in [0.25, 0.3) is 6.08 Å². The number of carbonyl (C=O) groups is 2. The van der Waals surface area contributed by atoms with Crippen LogP contribution in [0.2, 0.25) is 10.0 Å². The third-order valence-electron chi connectivity index (χ3n) is 7.05. The molecule has 7 heteroatoms. The molecule has 1 aliphatic heterocycles. The maximum absolute atomic E-state index is 13.6. The molecule has 4 rings (SSSR count). The van der Waals surface area contributed by atoms with E-state index in [1.807, 2.05) is 30.3 Å². The van der Waals surface area contributed by atoms with Crippen molar-refractivity contribution in [3.8, 4) is 0 Å². The third kappa shape index (κ3) is 6.20. The number of nitrogens with zero attached hydrogens (tertiary/aromatic N) is 1. The molecule has 2 aliphatic rings. The number of rotatable bonds is 5. The zero-order chi connectivity index (χ0) is 25.2. The second-order valence-corrected chi connectivity index (χ2v) is 11.3. The molecule has 2 amide bonds. The van der Waals surface area contributed by atoms with Gasteiger partial charge in [-0.25, -0.2) is 0 Å². The highest BCUT2D eigenvalue weighted by Gasteiger charge is 2.46. The van der Waals surface area contributed by atoms with Gasteiger partial charge in [0.1, 0.15) is 12.6 Å². The van der Waals surface area contributed by atoms with Crippen LogP contribution in [0.3, 0.4) is 0 Å². The van der Waals surface area contributed by atoms with Crippen molar-refractivity contribution in [3.05, 3.63) is 75.5 Å². The topological polar surface area (TPSA) is 58.6 Å². The predicted octanol–water partition coefficient (Wildman–Crippen LogP) is 6.09. The lowest BCUT2D eigenvalue weighted by molar-refractivity contribution is -0.154. The summed E-state index contributed by atoms with van der Waals surface area (Å²) >= 11 is 12.2. The fraction of sp³-hybridized carbons (Fsp3) is 0.429. The number of benzene rings is 2. The van der Waals surface area contributed by atoms with Crippen LogP contribution in [0.1, 0.15) is 51.2 Å². The van der Waals surface area contributed by atoms with E-state index in [4.69, 9.17) is 27.9 Å². The molecule has 1 heterocycles. The number of halogens is 2. The monoisotopic (exact) mass is 514 g/mol. The third-order valence-corrected chi connectivity index (χ3v) is 7.67. The van der Waals surface area contributed by atoms with Gasteiger partial charge in [-0.15, -0.1) is 0 Å². The molecule has 2 aromatic rings. The lowest BCUT2D eigenvalue weighted by atomic mass is 9.69. The number of morpholine rings is 1. The zero-order valence-electron chi connectivity index (χ0n) is 20.4. The highest BCUT2D eigenvalue weighted by atomic mass is 35.5. The predicted molar refractivity (Wildman–Crippen MR) is 140 cm³/mol. The van der Waals surface area contributed by atoms with Gasteiger partial charge in [-0.05, 0) is 66.0 Å². The molecule has 1 saturated carbocycles. The van der Waals surface area contributed by atoms with E-state index >= 15 is 0 Å². The summed E-state index contributed by atoms with van der Waals surface area (Å²) in [5.41, 5.74) is 1.77. The van der Waals surface area contributed by atoms with Gasteiger partial charge in [0, 0.05) is 16.6 Å². The minimum Gasteiger partial charge on any atom is -0.482 e. The molecular formula is C28H32Cl2N2O3. The Morgan fingerprint density at radius 1 is 1.11 bits per heavy atom. The van der Waals surface area contributed by atoms with Gasteiger partial charge in [0.05, 0.1) is 6.04 Å². The van der Waals surface area contributed by atoms with Crippen LogP contribution in [0.15, 0.2) is 54.3 Å². The van der Waals surface area contributed by atoms with E-state index in [1.54, 1.807) is 29.2 Å².